The van der Waals surface area contributed by atoms with Gasteiger partial charge < -0.3 is 10.0 Å². The van der Waals surface area contributed by atoms with E-state index in [0.29, 0.717) is 0 Å². The molecule has 0 fully saturated rings. The van der Waals surface area contributed by atoms with Crippen molar-refractivity contribution in [2.24, 2.45) is 0 Å². The van der Waals surface area contributed by atoms with Crippen molar-refractivity contribution in [1.29, 1.82) is 0 Å². The number of anilines is 1. The summed E-state index contributed by atoms with van der Waals surface area (Å²) < 4.78 is 0. The molecule has 0 radical (unpaired) electrons. The third-order valence-electron chi connectivity index (χ3n) is 2.71. The first-order valence-electron chi connectivity index (χ1n) is 5.59. The second kappa shape index (κ2) is 5.54. The Morgan fingerprint density at radius 1 is 1.38 bits per heavy atom. The van der Waals surface area contributed by atoms with Gasteiger partial charge in [0.2, 0.25) is 0 Å². The van der Waals surface area contributed by atoms with Crippen LogP contribution in [0, 0.1) is 6.92 Å². The van der Waals surface area contributed by atoms with Gasteiger partial charge in [-0.1, -0.05) is 17.7 Å². The zero-order chi connectivity index (χ0) is 12.1. The van der Waals surface area contributed by atoms with Crippen molar-refractivity contribution in [2.75, 3.05) is 11.4 Å². The van der Waals surface area contributed by atoms with Crippen LogP contribution in [0.1, 0.15) is 25.8 Å². The van der Waals surface area contributed by atoms with E-state index in [1.54, 1.807) is 0 Å². The SMILES string of the molecule is CCN(c1ccc(C)cc1)C(C)CC(=O)O. The monoisotopic (exact) mass is 221 g/mol. The summed E-state index contributed by atoms with van der Waals surface area (Å²) in [6.45, 7) is 6.84. The van der Waals surface area contributed by atoms with Crippen LogP contribution >= 0.6 is 0 Å². The molecule has 0 aliphatic carbocycles. The van der Waals surface area contributed by atoms with Gasteiger partial charge in [-0.25, -0.2) is 0 Å². The minimum atomic E-state index is -0.752. The third-order valence-corrected chi connectivity index (χ3v) is 2.71. The Bertz CT molecular complexity index is 345. The van der Waals surface area contributed by atoms with E-state index in [2.05, 4.69) is 4.90 Å². The molecule has 3 heteroatoms. The van der Waals surface area contributed by atoms with E-state index >= 15 is 0 Å². The fourth-order valence-electron chi connectivity index (χ4n) is 1.85. The van der Waals surface area contributed by atoms with Gasteiger partial charge in [0, 0.05) is 18.3 Å². The van der Waals surface area contributed by atoms with Gasteiger partial charge in [-0.3, -0.25) is 4.79 Å². The molecule has 0 aliphatic rings. The molecule has 88 valence electrons. The predicted molar refractivity (Wildman–Crippen MR) is 65.9 cm³/mol. The number of carboxylic acids is 1. The molecule has 0 saturated carbocycles. The molecule has 0 saturated heterocycles. The number of benzene rings is 1. The molecular weight excluding hydrogens is 202 g/mol. The second-order valence-electron chi connectivity index (χ2n) is 4.07. The third kappa shape index (κ3) is 3.26. The summed E-state index contributed by atoms with van der Waals surface area (Å²) in [5.41, 5.74) is 2.30. The van der Waals surface area contributed by atoms with E-state index in [1.165, 1.54) is 5.56 Å². The lowest BCUT2D eigenvalue weighted by Gasteiger charge is -2.29. The summed E-state index contributed by atoms with van der Waals surface area (Å²) in [7, 11) is 0. The van der Waals surface area contributed by atoms with Crippen molar-refractivity contribution in [1.82, 2.24) is 0 Å². The highest BCUT2D eigenvalue weighted by Gasteiger charge is 2.15. The predicted octanol–water partition coefficient (Wildman–Crippen LogP) is 2.68. The van der Waals surface area contributed by atoms with Crippen LogP contribution in [-0.2, 0) is 4.79 Å². The topological polar surface area (TPSA) is 40.5 Å². The highest BCUT2D eigenvalue weighted by Crippen LogP contribution is 2.18. The molecule has 0 spiro atoms. The molecule has 1 rings (SSSR count). The maximum atomic E-state index is 10.7. The summed E-state index contributed by atoms with van der Waals surface area (Å²) in [6.07, 6.45) is 0.168. The Morgan fingerprint density at radius 3 is 2.38 bits per heavy atom. The van der Waals surface area contributed by atoms with Gasteiger partial charge in [0.1, 0.15) is 0 Å². The average Bonchev–Trinajstić information content (AvgIpc) is 2.21. The van der Waals surface area contributed by atoms with E-state index in [4.69, 9.17) is 5.11 Å². The van der Waals surface area contributed by atoms with E-state index in [0.717, 1.165) is 12.2 Å². The molecule has 1 N–H and O–H groups in total. The minimum absolute atomic E-state index is 0.0187. The highest BCUT2D eigenvalue weighted by molar-refractivity contribution is 5.68. The molecule has 1 aromatic carbocycles. The molecule has 1 atom stereocenters. The number of aliphatic carboxylic acids is 1. The molecule has 0 amide bonds. The molecule has 1 aromatic rings. The van der Waals surface area contributed by atoms with Crippen LogP contribution in [0.3, 0.4) is 0 Å². The molecule has 3 nitrogen and oxygen atoms in total. The largest absolute Gasteiger partial charge is 0.481 e. The summed E-state index contributed by atoms with van der Waals surface area (Å²) in [5, 5.41) is 8.79. The first kappa shape index (κ1) is 12.6. The Balaban J connectivity index is 2.81. The lowest BCUT2D eigenvalue weighted by atomic mass is 10.1. The molecule has 0 aromatic heterocycles. The lowest BCUT2D eigenvalue weighted by molar-refractivity contribution is -0.137. The summed E-state index contributed by atoms with van der Waals surface area (Å²) >= 11 is 0. The van der Waals surface area contributed by atoms with Crippen LogP contribution < -0.4 is 4.90 Å². The lowest BCUT2D eigenvalue weighted by Crippen LogP contribution is -2.34. The van der Waals surface area contributed by atoms with Crippen molar-refractivity contribution in [3.63, 3.8) is 0 Å². The molecule has 16 heavy (non-hydrogen) atoms. The maximum absolute atomic E-state index is 10.7. The molecule has 0 aliphatic heterocycles. The number of rotatable bonds is 5. The molecule has 0 heterocycles. The van der Waals surface area contributed by atoms with Crippen LogP contribution in [-0.4, -0.2) is 23.7 Å². The van der Waals surface area contributed by atoms with E-state index < -0.39 is 5.97 Å². The van der Waals surface area contributed by atoms with E-state index in [1.807, 2.05) is 45.0 Å². The van der Waals surface area contributed by atoms with Crippen molar-refractivity contribution in [2.45, 2.75) is 33.2 Å². The first-order chi connectivity index (χ1) is 7.54. The number of hydrogen-bond donors (Lipinski definition) is 1. The Kier molecular flexibility index (Phi) is 4.35. The molecule has 0 bridgehead atoms. The van der Waals surface area contributed by atoms with Gasteiger partial charge in [-0.15, -0.1) is 0 Å². The fraction of sp³-hybridized carbons (Fsp3) is 0.462. The fourth-order valence-corrected chi connectivity index (χ4v) is 1.85. The van der Waals surface area contributed by atoms with Gasteiger partial charge in [0.15, 0.2) is 0 Å². The Morgan fingerprint density at radius 2 is 1.94 bits per heavy atom. The molecular formula is C13H19NO2. The van der Waals surface area contributed by atoms with Crippen LogP contribution in [0.25, 0.3) is 0 Å². The van der Waals surface area contributed by atoms with Crippen LogP contribution in [0.4, 0.5) is 5.69 Å². The quantitative estimate of drug-likeness (QED) is 0.831. The normalized spacial score (nSPS) is 12.2. The van der Waals surface area contributed by atoms with Gasteiger partial charge in [0.05, 0.1) is 6.42 Å². The number of aryl methyl sites for hydroxylation is 1. The van der Waals surface area contributed by atoms with Crippen LogP contribution in [0.15, 0.2) is 24.3 Å². The minimum Gasteiger partial charge on any atom is -0.481 e. The smallest absolute Gasteiger partial charge is 0.305 e. The standard InChI is InChI=1S/C13H19NO2/c1-4-14(11(3)9-13(15)16)12-7-5-10(2)6-8-12/h5-8,11H,4,9H2,1-3H3,(H,15,16). The molecule has 1 unspecified atom stereocenters. The van der Waals surface area contributed by atoms with Crippen LogP contribution in [0.5, 0.6) is 0 Å². The van der Waals surface area contributed by atoms with E-state index in [9.17, 15) is 4.79 Å². The van der Waals surface area contributed by atoms with Crippen molar-refractivity contribution >= 4 is 11.7 Å². The summed E-state index contributed by atoms with van der Waals surface area (Å²) in [6, 6.07) is 8.19. The van der Waals surface area contributed by atoms with Crippen molar-refractivity contribution < 1.29 is 9.90 Å². The first-order valence-corrected chi connectivity index (χ1v) is 5.59. The number of nitrogens with zero attached hydrogens (tertiary/aromatic N) is 1. The van der Waals surface area contributed by atoms with E-state index in [-0.39, 0.29) is 12.5 Å². The second-order valence-corrected chi connectivity index (χ2v) is 4.07. The summed E-state index contributed by atoms with van der Waals surface area (Å²) in [4.78, 5) is 12.8. The Labute approximate surface area is 96.7 Å². The number of carboxylic acid groups (broad SMARTS) is 1. The van der Waals surface area contributed by atoms with Crippen molar-refractivity contribution in [3.8, 4) is 0 Å². The van der Waals surface area contributed by atoms with Crippen LogP contribution in [0.2, 0.25) is 0 Å². The number of carbonyl (C=O) groups is 1. The zero-order valence-electron chi connectivity index (χ0n) is 10.1. The number of hydrogen-bond acceptors (Lipinski definition) is 2. The average molecular weight is 221 g/mol. The van der Waals surface area contributed by atoms with Gasteiger partial charge >= 0.3 is 5.97 Å². The van der Waals surface area contributed by atoms with Gasteiger partial charge in [-0.2, -0.15) is 0 Å². The Hall–Kier alpha value is -1.51. The summed E-state index contributed by atoms with van der Waals surface area (Å²) in [5.74, 6) is -0.752. The van der Waals surface area contributed by atoms with Crippen molar-refractivity contribution in [3.05, 3.63) is 29.8 Å². The zero-order valence-corrected chi connectivity index (χ0v) is 10.1. The van der Waals surface area contributed by atoms with Gasteiger partial charge in [0.25, 0.3) is 0 Å². The highest BCUT2D eigenvalue weighted by atomic mass is 16.4. The van der Waals surface area contributed by atoms with Gasteiger partial charge in [-0.05, 0) is 32.9 Å². The maximum Gasteiger partial charge on any atom is 0.305 e.